The lowest BCUT2D eigenvalue weighted by Crippen LogP contribution is -2.16. The van der Waals surface area contributed by atoms with Crippen LogP contribution in [-0.2, 0) is 9.53 Å². The molecule has 0 radical (unpaired) electrons. The molecule has 1 aromatic carbocycles. The van der Waals surface area contributed by atoms with Gasteiger partial charge in [-0.2, -0.15) is 0 Å². The molecule has 0 aliphatic heterocycles. The molecule has 0 fully saturated rings. The number of carboxylic acids is 1. The summed E-state index contributed by atoms with van der Waals surface area (Å²) >= 11 is 8.83. The van der Waals surface area contributed by atoms with Gasteiger partial charge < -0.3 is 9.84 Å². The van der Waals surface area contributed by atoms with E-state index in [0.29, 0.717) is 5.56 Å². The van der Waals surface area contributed by atoms with Gasteiger partial charge in [-0.25, -0.2) is 4.79 Å². The smallest absolute Gasteiger partial charge is 0.337 e. The number of carboxylic acid groups (broad SMARTS) is 1. The third kappa shape index (κ3) is 3.47. The molecule has 1 N–H and O–H groups in total. The fourth-order valence-corrected chi connectivity index (χ4v) is 1.64. The molecule has 1 rings (SSSR count). The number of hydrogen-bond donors (Lipinski definition) is 1. The third-order valence-corrected chi connectivity index (χ3v) is 3.11. The molecule has 0 heterocycles. The van der Waals surface area contributed by atoms with Gasteiger partial charge in [0.2, 0.25) is 0 Å². The van der Waals surface area contributed by atoms with E-state index >= 15 is 0 Å². The van der Waals surface area contributed by atoms with Crippen LogP contribution in [0, 0.1) is 6.92 Å². The zero-order valence-electron chi connectivity index (χ0n) is 8.74. The molecule has 1 unspecified atom stereocenters. The van der Waals surface area contributed by atoms with Crippen LogP contribution >= 0.6 is 27.5 Å². The highest BCUT2D eigenvalue weighted by Crippen LogP contribution is 2.23. The van der Waals surface area contributed by atoms with Crippen LogP contribution in [0.15, 0.2) is 22.7 Å². The SMILES string of the molecule is Cc1cc(C(OCCCl)C(=O)O)ccc1Br. The van der Waals surface area contributed by atoms with Crippen molar-refractivity contribution in [1.82, 2.24) is 0 Å². The first-order chi connectivity index (χ1) is 7.56. The lowest BCUT2D eigenvalue weighted by molar-refractivity contribution is -0.150. The average Bonchev–Trinajstić information content (AvgIpc) is 2.23. The molecule has 0 amide bonds. The summed E-state index contributed by atoms with van der Waals surface area (Å²) in [7, 11) is 0. The van der Waals surface area contributed by atoms with Gasteiger partial charge in [-0.15, -0.1) is 11.6 Å². The van der Waals surface area contributed by atoms with E-state index < -0.39 is 12.1 Å². The molecular weight excluding hydrogens is 295 g/mol. The fourth-order valence-electron chi connectivity index (χ4n) is 1.30. The summed E-state index contributed by atoms with van der Waals surface area (Å²) in [4.78, 5) is 11.0. The molecule has 0 spiro atoms. The number of aliphatic carboxylic acids is 1. The molecular formula is C11H12BrClO3. The van der Waals surface area contributed by atoms with Gasteiger partial charge in [0.05, 0.1) is 6.61 Å². The van der Waals surface area contributed by atoms with E-state index in [1.165, 1.54) is 0 Å². The van der Waals surface area contributed by atoms with Crippen molar-refractivity contribution in [2.75, 3.05) is 12.5 Å². The van der Waals surface area contributed by atoms with Gasteiger partial charge in [-0.3, -0.25) is 0 Å². The molecule has 1 atom stereocenters. The van der Waals surface area contributed by atoms with E-state index in [4.69, 9.17) is 21.4 Å². The first-order valence-electron chi connectivity index (χ1n) is 4.72. The fraction of sp³-hybridized carbons (Fsp3) is 0.364. The van der Waals surface area contributed by atoms with Crippen LogP contribution in [0.5, 0.6) is 0 Å². The van der Waals surface area contributed by atoms with Crippen molar-refractivity contribution in [1.29, 1.82) is 0 Å². The predicted octanol–water partition coefficient (Wildman–Crippen LogP) is 3.14. The summed E-state index contributed by atoms with van der Waals surface area (Å²) in [6, 6.07) is 5.33. The van der Waals surface area contributed by atoms with E-state index in [0.717, 1.165) is 10.0 Å². The second kappa shape index (κ2) is 6.23. The summed E-state index contributed by atoms with van der Waals surface area (Å²) in [5, 5.41) is 9.03. The minimum absolute atomic E-state index is 0.216. The second-order valence-electron chi connectivity index (χ2n) is 3.29. The van der Waals surface area contributed by atoms with E-state index in [2.05, 4.69) is 15.9 Å². The average molecular weight is 308 g/mol. The maximum atomic E-state index is 11.0. The number of ether oxygens (including phenoxy) is 1. The molecule has 0 aliphatic rings. The Labute approximate surface area is 107 Å². The Kier molecular flexibility index (Phi) is 5.25. The minimum atomic E-state index is -1.01. The van der Waals surface area contributed by atoms with E-state index in [1.807, 2.05) is 13.0 Å². The van der Waals surface area contributed by atoms with Crippen LogP contribution in [0.3, 0.4) is 0 Å². The van der Waals surface area contributed by atoms with Gasteiger partial charge in [0.25, 0.3) is 0 Å². The molecule has 1 aromatic rings. The first kappa shape index (κ1) is 13.5. The highest BCUT2D eigenvalue weighted by Gasteiger charge is 2.20. The number of carbonyl (C=O) groups is 1. The standard InChI is InChI=1S/C11H12BrClO3/c1-7-6-8(2-3-9(7)12)10(11(14)15)16-5-4-13/h2-3,6,10H,4-5H2,1H3,(H,14,15). The predicted molar refractivity (Wildman–Crippen MR) is 65.9 cm³/mol. The topological polar surface area (TPSA) is 46.5 Å². The Bertz CT molecular complexity index is 381. The Balaban J connectivity index is 2.92. The van der Waals surface area contributed by atoms with Crippen LogP contribution in [-0.4, -0.2) is 23.6 Å². The molecule has 0 saturated carbocycles. The van der Waals surface area contributed by atoms with Gasteiger partial charge >= 0.3 is 5.97 Å². The number of rotatable bonds is 5. The molecule has 0 aromatic heterocycles. The van der Waals surface area contributed by atoms with Crippen LogP contribution < -0.4 is 0 Å². The maximum Gasteiger partial charge on any atom is 0.337 e. The minimum Gasteiger partial charge on any atom is -0.479 e. The van der Waals surface area contributed by atoms with E-state index in [1.54, 1.807) is 12.1 Å². The molecule has 88 valence electrons. The summed E-state index contributed by atoms with van der Waals surface area (Å²) < 4.78 is 6.13. The Morgan fingerprint density at radius 1 is 1.62 bits per heavy atom. The highest BCUT2D eigenvalue weighted by molar-refractivity contribution is 9.10. The molecule has 0 bridgehead atoms. The van der Waals surface area contributed by atoms with Crippen LogP contribution in [0.25, 0.3) is 0 Å². The maximum absolute atomic E-state index is 11.0. The van der Waals surface area contributed by atoms with Crippen LogP contribution in [0.2, 0.25) is 0 Å². The Morgan fingerprint density at radius 3 is 2.81 bits per heavy atom. The van der Waals surface area contributed by atoms with Gasteiger partial charge in [-0.05, 0) is 24.1 Å². The number of benzene rings is 1. The molecule has 16 heavy (non-hydrogen) atoms. The van der Waals surface area contributed by atoms with Gasteiger partial charge in [0, 0.05) is 10.4 Å². The second-order valence-corrected chi connectivity index (χ2v) is 4.52. The number of hydrogen-bond acceptors (Lipinski definition) is 2. The summed E-state index contributed by atoms with van der Waals surface area (Å²) in [5.41, 5.74) is 1.59. The van der Waals surface area contributed by atoms with Crippen molar-refractivity contribution in [2.45, 2.75) is 13.0 Å². The Morgan fingerprint density at radius 2 is 2.31 bits per heavy atom. The van der Waals surface area contributed by atoms with Crippen molar-refractivity contribution in [3.8, 4) is 0 Å². The number of halogens is 2. The van der Waals surface area contributed by atoms with Crippen molar-refractivity contribution >= 4 is 33.5 Å². The van der Waals surface area contributed by atoms with Crippen molar-refractivity contribution in [3.05, 3.63) is 33.8 Å². The van der Waals surface area contributed by atoms with Crippen molar-refractivity contribution in [2.24, 2.45) is 0 Å². The van der Waals surface area contributed by atoms with Gasteiger partial charge in [-0.1, -0.05) is 28.1 Å². The molecule has 0 saturated heterocycles. The largest absolute Gasteiger partial charge is 0.479 e. The Hall–Kier alpha value is -0.580. The third-order valence-electron chi connectivity index (χ3n) is 2.07. The van der Waals surface area contributed by atoms with Crippen LogP contribution in [0.4, 0.5) is 0 Å². The lowest BCUT2D eigenvalue weighted by atomic mass is 10.1. The lowest BCUT2D eigenvalue weighted by Gasteiger charge is -2.14. The normalized spacial score (nSPS) is 12.4. The summed E-state index contributed by atoms with van der Waals surface area (Å²) in [6.45, 7) is 2.11. The highest BCUT2D eigenvalue weighted by atomic mass is 79.9. The number of alkyl halides is 1. The van der Waals surface area contributed by atoms with Crippen molar-refractivity contribution < 1.29 is 14.6 Å². The monoisotopic (exact) mass is 306 g/mol. The molecule has 3 nitrogen and oxygen atoms in total. The summed E-state index contributed by atoms with van der Waals surface area (Å²) in [5.74, 6) is -0.730. The zero-order chi connectivity index (χ0) is 12.1. The van der Waals surface area contributed by atoms with Gasteiger partial charge in [0.15, 0.2) is 6.10 Å². The van der Waals surface area contributed by atoms with E-state index in [9.17, 15) is 4.79 Å². The van der Waals surface area contributed by atoms with E-state index in [-0.39, 0.29) is 12.5 Å². The number of aryl methyl sites for hydroxylation is 1. The zero-order valence-corrected chi connectivity index (χ0v) is 11.1. The molecule has 0 aliphatic carbocycles. The molecule has 5 heteroatoms. The van der Waals surface area contributed by atoms with Gasteiger partial charge in [0.1, 0.15) is 0 Å². The van der Waals surface area contributed by atoms with Crippen molar-refractivity contribution in [3.63, 3.8) is 0 Å². The quantitative estimate of drug-likeness (QED) is 0.850. The summed E-state index contributed by atoms with van der Waals surface area (Å²) in [6.07, 6.45) is -0.953. The first-order valence-corrected chi connectivity index (χ1v) is 6.05. The van der Waals surface area contributed by atoms with Crippen LogP contribution in [0.1, 0.15) is 17.2 Å².